The van der Waals surface area contributed by atoms with E-state index in [9.17, 15) is 14.7 Å². The average molecular weight is 426 g/mol. The van der Waals surface area contributed by atoms with Gasteiger partial charge in [0.2, 0.25) is 0 Å². The molecule has 2 aromatic rings. The number of amides is 3. The standard InChI is InChI=1S/C23H24ClN3O3/c24-17-10-12-18(13-11-17)27-22(29)26-20-9-5-4-8-19(20)23(27,30)21(28)25-15-14-16-6-2-1-3-7-16/h4-6,8-13,30H,1-3,7,14-15H2,(H,25,28)(H,26,29). The van der Waals surface area contributed by atoms with E-state index in [1.54, 1.807) is 48.5 Å². The van der Waals surface area contributed by atoms with Gasteiger partial charge in [-0.1, -0.05) is 41.4 Å². The first-order chi connectivity index (χ1) is 14.5. The molecule has 1 heterocycles. The van der Waals surface area contributed by atoms with Crippen molar-refractivity contribution in [3.8, 4) is 0 Å². The topological polar surface area (TPSA) is 81.7 Å². The zero-order valence-corrected chi connectivity index (χ0v) is 17.3. The van der Waals surface area contributed by atoms with Crippen LogP contribution < -0.4 is 15.5 Å². The number of benzene rings is 2. The first kappa shape index (κ1) is 20.4. The zero-order chi connectivity index (χ0) is 21.1. The molecule has 6 nitrogen and oxygen atoms in total. The molecule has 1 aliphatic heterocycles. The van der Waals surface area contributed by atoms with Crippen LogP contribution in [0.1, 0.15) is 37.7 Å². The van der Waals surface area contributed by atoms with Gasteiger partial charge in [0, 0.05) is 22.8 Å². The molecule has 30 heavy (non-hydrogen) atoms. The molecule has 2 aliphatic rings. The van der Waals surface area contributed by atoms with Gasteiger partial charge in [-0.05, 0) is 62.4 Å². The fraction of sp³-hybridized carbons (Fsp3) is 0.304. The molecule has 7 heteroatoms. The Morgan fingerprint density at radius 2 is 1.93 bits per heavy atom. The van der Waals surface area contributed by atoms with Crippen LogP contribution in [0.3, 0.4) is 0 Å². The van der Waals surface area contributed by atoms with Crippen molar-refractivity contribution < 1.29 is 14.7 Å². The third-order valence-corrected chi connectivity index (χ3v) is 5.84. The first-order valence-electron chi connectivity index (χ1n) is 10.1. The second kappa shape index (κ2) is 8.50. The fourth-order valence-corrected chi connectivity index (χ4v) is 4.17. The maximum atomic E-state index is 13.3. The van der Waals surface area contributed by atoms with Gasteiger partial charge in [-0.25, -0.2) is 4.79 Å². The lowest BCUT2D eigenvalue weighted by Crippen LogP contribution is -2.62. The maximum absolute atomic E-state index is 13.3. The third kappa shape index (κ3) is 3.80. The quantitative estimate of drug-likeness (QED) is 0.615. The van der Waals surface area contributed by atoms with Crippen molar-refractivity contribution >= 4 is 34.9 Å². The van der Waals surface area contributed by atoms with Crippen LogP contribution >= 0.6 is 11.6 Å². The highest BCUT2D eigenvalue weighted by Gasteiger charge is 2.51. The molecule has 1 aliphatic carbocycles. The molecule has 0 aromatic heterocycles. The van der Waals surface area contributed by atoms with Crippen LogP contribution in [0, 0.1) is 0 Å². The van der Waals surface area contributed by atoms with E-state index in [4.69, 9.17) is 11.6 Å². The molecule has 0 bridgehead atoms. The minimum atomic E-state index is -2.19. The van der Waals surface area contributed by atoms with E-state index in [2.05, 4.69) is 16.7 Å². The molecule has 0 fully saturated rings. The fourth-order valence-electron chi connectivity index (χ4n) is 4.04. The molecule has 0 spiro atoms. The summed E-state index contributed by atoms with van der Waals surface area (Å²) in [5, 5.41) is 17.8. The molecule has 0 saturated heterocycles. The minimum Gasteiger partial charge on any atom is -0.359 e. The Hall–Kier alpha value is -2.83. The number of rotatable bonds is 5. The number of hydrogen-bond acceptors (Lipinski definition) is 3. The Morgan fingerprint density at radius 1 is 1.17 bits per heavy atom. The summed E-state index contributed by atoms with van der Waals surface area (Å²) in [4.78, 5) is 27.3. The number of fused-ring (bicyclic) bond motifs is 1. The number of nitrogens with one attached hydrogen (secondary N) is 2. The Labute approximate surface area is 180 Å². The largest absolute Gasteiger partial charge is 0.359 e. The minimum absolute atomic E-state index is 0.314. The summed E-state index contributed by atoms with van der Waals surface area (Å²) in [6, 6.07) is 12.6. The van der Waals surface area contributed by atoms with Crippen LogP contribution in [-0.4, -0.2) is 23.6 Å². The summed E-state index contributed by atoms with van der Waals surface area (Å²) in [5.74, 6) is -0.642. The zero-order valence-electron chi connectivity index (χ0n) is 16.5. The maximum Gasteiger partial charge on any atom is 0.329 e. The van der Waals surface area contributed by atoms with Crippen molar-refractivity contribution in [3.05, 3.63) is 70.8 Å². The van der Waals surface area contributed by atoms with Gasteiger partial charge in [-0.15, -0.1) is 0 Å². The first-order valence-corrected chi connectivity index (χ1v) is 10.5. The van der Waals surface area contributed by atoms with Crippen molar-refractivity contribution in [2.24, 2.45) is 0 Å². The average Bonchev–Trinajstić information content (AvgIpc) is 2.75. The van der Waals surface area contributed by atoms with Crippen LogP contribution in [0.2, 0.25) is 5.02 Å². The van der Waals surface area contributed by atoms with Gasteiger partial charge in [-0.2, -0.15) is 0 Å². The van der Waals surface area contributed by atoms with Gasteiger partial charge < -0.3 is 15.7 Å². The van der Waals surface area contributed by atoms with E-state index < -0.39 is 17.7 Å². The predicted molar refractivity (Wildman–Crippen MR) is 117 cm³/mol. The van der Waals surface area contributed by atoms with Crippen LogP contribution in [-0.2, 0) is 10.5 Å². The summed E-state index contributed by atoms with van der Waals surface area (Å²) in [7, 11) is 0. The van der Waals surface area contributed by atoms with Crippen LogP contribution in [0.5, 0.6) is 0 Å². The second-order valence-corrected chi connectivity index (χ2v) is 8.01. The third-order valence-electron chi connectivity index (χ3n) is 5.59. The molecular formula is C23H24ClN3O3. The van der Waals surface area contributed by atoms with Gasteiger partial charge >= 0.3 is 6.03 Å². The number of nitrogens with zero attached hydrogens (tertiary/aromatic N) is 1. The Bertz CT molecular complexity index is 989. The van der Waals surface area contributed by atoms with E-state index >= 15 is 0 Å². The number of para-hydroxylation sites is 1. The molecule has 3 N–H and O–H groups in total. The van der Waals surface area contributed by atoms with Crippen molar-refractivity contribution in [2.75, 3.05) is 16.8 Å². The molecule has 1 unspecified atom stereocenters. The van der Waals surface area contributed by atoms with E-state index in [0.717, 1.165) is 24.2 Å². The van der Waals surface area contributed by atoms with Gasteiger partial charge in [0.15, 0.2) is 0 Å². The molecule has 156 valence electrons. The Kier molecular flexibility index (Phi) is 5.79. The highest BCUT2D eigenvalue weighted by molar-refractivity contribution is 6.30. The lowest BCUT2D eigenvalue weighted by Gasteiger charge is -2.42. The lowest BCUT2D eigenvalue weighted by atomic mass is 9.94. The van der Waals surface area contributed by atoms with Crippen LogP contribution in [0.25, 0.3) is 0 Å². The summed E-state index contributed by atoms with van der Waals surface area (Å²) in [5.41, 5.74) is 0.214. The lowest BCUT2D eigenvalue weighted by molar-refractivity contribution is -0.140. The van der Waals surface area contributed by atoms with E-state index in [1.807, 2.05) is 0 Å². The van der Waals surface area contributed by atoms with Crippen LogP contribution in [0.4, 0.5) is 16.2 Å². The summed E-state index contributed by atoms with van der Waals surface area (Å²) < 4.78 is 0. The van der Waals surface area contributed by atoms with Gasteiger partial charge in [0.05, 0.1) is 5.69 Å². The molecule has 0 radical (unpaired) electrons. The molecule has 0 saturated carbocycles. The highest BCUT2D eigenvalue weighted by Crippen LogP contribution is 2.40. The molecule has 3 amide bonds. The van der Waals surface area contributed by atoms with Crippen molar-refractivity contribution in [1.29, 1.82) is 0 Å². The summed E-state index contributed by atoms with van der Waals surface area (Å²) in [6.07, 6.45) is 7.46. The molecule has 1 atom stereocenters. The van der Waals surface area contributed by atoms with E-state index in [-0.39, 0.29) is 0 Å². The highest BCUT2D eigenvalue weighted by atomic mass is 35.5. The van der Waals surface area contributed by atoms with Crippen molar-refractivity contribution in [3.63, 3.8) is 0 Å². The number of allylic oxidation sites excluding steroid dienone is 1. The van der Waals surface area contributed by atoms with Crippen molar-refractivity contribution in [2.45, 2.75) is 37.8 Å². The summed E-state index contributed by atoms with van der Waals surface area (Å²) in [6.45, 7) is 0.394. The SMILES string of the molecule is O=C1Nc2ccccc2C(O)(C(=O)NCCC2=CCCCC2)N1c1ccc(Cl)cc1. The smallest absolute Gasteiger partial charge is 0.329 e. The predicted octanol–water partition coefficient (Wildman–Crippen LogP) is 4.54. The number of aliphatic hydroxyl groups is 1. The van der Waals surface area contributed by atoms with Crippen molar-refractivity contribution in [1.82, 2.24) is 5.32 Å². The van der Waals surface area contributed by atoms with Gasteiger partial charge in [-0.3, -0.25) is 9.69 Å². The number of anilines is 2. The number of carbonyl (C=O) groups excluding carboxylic acids is 2. The normalized spacial score (nSPS) is 20.8. The number of hydrogen-bond donors (Lipinski definition) is 3. The number of urea groups is 1. The van der Waals surface area contributed by atoms with Gasteiger partial charge in [0.25, 0.3) is 11.6 Å². The molecule has 4 rings (SSSR count). The van der Waals surface area contributed by atoms with E-state index in [1.165, 1.54) is 18.4 Å². The Balaban J connectivity index is 1.65. The molecular weight excluding hydrogens is 402 g/mol. The van der Waals surface area contributed by atoms with Gasteiger partial charge in [0.1, 0.15) is 0 Å². The number of halogens is 1. The molecule has 2 aromatic carbocycles. The summed E-state index contributed by atoms with van der Waals surface area (Å²) >= 11 is 5.98. The monoisotopic (exact) mass is 425 g/mol. The number of carbonyl (C=O) groups is 2. The Morgan fingerprint density at radius 3 is 2.67 bits per heavy atom. The second-order valence-electron chi connectivity index (χ2n) is 7.57. The van der Waals surface area contributed by atoms with E-state index in [0.29, 0.717) is 28.5 Å². The van der Waals surface area contributed by atoms with Crippen LogP contribution in [0.15, 0.2) is 60.2 Å².